The predicted molar refractivity (Wildman–Crippen MR) is 109 cm³/mol. The Kier molecular flexibility index (Phi) is 7.91. The Morgan fingerprint density at radius 1 is 1.19 bits per heavy atom. The second-order valence-corrected chi connectivity index (χ2v) is 8.07. The lowest BCUT2D eigenvalue weighted by Crippen LogP contribution is -2.47. The topological polar surface area (TPSA) is 84.0 Å². The van der Waals surface area contributed by atoms with Gasteiger partial charge >= 0.3 is 0 Å². The first-order chi connectivity index (χ1) is 12.9. The van der Waals surface area contributed by atoms with Gasteiger partial charge in [-0.1, -0.05) is 62.6 Å². The summed E-state index contributed by atoms with van der Waals surface area (Å²) in [6.45, 7) is 7.88. The van der Waals surface area contributed by atoms with Crippen molar-refractivity contribution >= 4 is 28.3 Å². The van der Waals surface area contributed by atoms with E-state index < -0.39 is 6.04 Å². The molecule has 1 aromatic carbocycles. The number of benzene rings is 1. The maximum absolute atomic E-state index is 12.7. The van der Waals surface area contributed by atoms with E-state index in [1.54, 1.807) is 12.1 Å². The SMILES string of the molecule is CCCCCc1nnc(NC(=O)C(NC(=O)c2cccc(C)c2)C(C)C)s1. The number of carbonyl (C=O) groups is 2. The Balaban J connectivity index is 1.99. The van der Waals surface area contributed by atoms with E-state index in [9.17, 15) is 9.59 Å². The van der Waals surface area contributed by atoms with Gasteiger partial charge in [0.1, 0.15) is 11.0 Å². The van der Waals surface area contributed by atoms with Gasteiger partial charge in [-0.2, -0.15) is 0 Å². The summed E-state index contributed by atoms with van der Waals surface area (Å²) >= 11 is 1.39. The van der Waals surface area contributed by atoms with E-state index in [1.165, 1.54) is 11.3 Å². The molecule has 1 unspecified atom stereocenters. The van der Waals surface area contributed by atoms with Gasteiger partial charge in [0.25, 0.3) is 5.91 Å². The van der Waals surface area contributed by atoms with Crippen LogP contribution >= 0.6 is 11.3 Å². The van der Waals surface area contributed by atoms with Crippen molar-refractivity contribution in [2.75, 3.05) is 5.32 Å². The predicted octanol–water partition coefficient (Wildman–Crippen LogP) is 3.97. The molecule has 0 saturated heterocycles. The minimum atomic E-state index is -0.648. The van der Waals surface area contributed by atoms with Gasteiger partial charge in [-0.15, -0.1) is 10.2 Å². The molecule has 2 aromatic rings. The molecule has 1 atom stereocenters. The summed E-state index contributed by atoms with van der Waals surface area (Å²) in [6.07, 6.45) is 4.25. The van der Waals surface area contributed by atoms with Crippen molar-refractivity contribution in [3.05, 3.63) is 40.4 Å². The number of amides is 2. The zero-order valence-corrected chi connectivity index (χ0v) is 17.2. The van der Waals surface area contributed by atoms with Crippen molar-refractivity contribution in [3.63, 3.8) is 0 Å². The van der Waals surface area contributed by atoms with E-state index in [2.05, 4.69) is 27.8 Å². The van der Waals surface area contributed by atoms with Crippen molar-refractivity contribution < 1.29 is 9.59 Å². The first-order valence-corrected chi connectivity index (χ1v) is 10.2. The normalized spacial score (nSPS) is 12.0. The molecule has 7 heteroatoms. The Morgan fingerprint density at radius 2 is 1.96 bits per heavy atom. The number of carbonyl (C=O) groups excluding carboxylic acids is 2. The van der Waals surface area contributed by atoms with Gasteiger partial charge in [0.15, 0.2) is 0 Å². The van der Waals surface area contributed by atoms with Crippen LogP contribution in [0.2, 0.25) is 0 Å². The van der Waals surface area contributed by atoms with Crippen molar-refractivity contribution in [1.29, 1.82) is 0 Å². The van der Waals surface area contributed by atoms with E-state index in [0.29, 0.717) is 10.7 Å². The lowest BCUT2D eigenvalue weighted by molar-refractivity contribution is -0.118. The number of unbranched alkanes of at least 4 members (excludes halogenated alkanes) is 2. The highest BCUT2D eigenvalue weighted by Crippen LogP contribution is 2.18. The fraction of sp³-hybridized carbons (Fsp3) is 0.500. The molecule has 6 nitrogen and oxygen atoms in total. The number of rotatable bonds is 9. The molecule has 0 fully saturated rings. The lowest BCUT2D eigenvalue weighted by Gasteiger charge is -2.21. The van der Waals surface area contributed by atoms with Crippen LogP contribution in [0.1, 0.15) is 61.0 Å². The van der Waals surface area contributed by atoms with Crippen LogP contribution in [0.4, 0.5) is 5.13 Å². The molecule has 0 aliphatic rings. The molecule has 27 heavy (non-hydrogen) atoms. The van der Waals surface area contributed by atoms with E-state index in [0.717, 1.165) is 36.3 Å². The molecule has 1 heterocycles. The van der Waals surface area contributed by atoms with Crippen LogP contribution in [0.15, 0.2) is 24.3 Å². The maximum atomic E-state index is 12.7. The molecular formula is C20H28N4O2S. The number of hydrogen-bond acceptors (Lipinski definition) is 5. The lowest BCUT2D eigenvalue weighted by atomic mass is 10.0. The van der Waals surface area contributed by atoms with Crippen molar-refractivity contribution in [2.45, 2.75) is 59.4 Å². The van der Waals surface area contributed by atoms with Crippen molar-refractivity contribution in [2.24, 2.45) is 5.92 Å². The average Bonchev–Trinajstić information content (AvgIpc) is 3.06. The summed E-state index contributed by atoms with van der Waals surface area (Å²) in [5, 5.41) is 15.2. The van der Waals surface area contributed by atoms with E-state index in [1.807, 2.05) is 32.9 Å². The third kappa shape index (κ3) is 6.43. The first kappa shape index (κ1) is 21.0. The van der Waals surface area contributed by atoms with Crippen molar-refractivity contribution in [3.8, 4) is 0 Å². The van der Waals surface area contributed by atoms with Gasteiger partial charge in [0.2, 0.25) is 11.0 Å². The summed E-state index contributed by atoms with van der Waals surface area (Å²) in [5.74, 6) is -0.594. The van der Waals surface area contributed by atoms with E-state index >= 15 is 0 Å². The quantitative estimate of drug-likeness (QED) is 0.637. The minimum absolute atomic E-state index is 0.0595. The van der Waals surface area contributed by atoms with Crippen LogP contribution in [0.25, 0.3) is 0 Å². The molecule has 146 valence electrons. The van der Waals surface area contributed by atoms with Crippen LogP contribution in [0.3, 0.4) is 0 Å². The van der Waals surface area contributed by atoms with E-state index in [-0.39, 0.29) is 17.7 Å². The Labute approximate surface area is 164 Å². The molecule has 0 saturated carbocycles. The van der Waals surface area contributed by atoms with Crippen LogP contribution < -0.4 is 10.6 Å². The molecule has 0 radical (unpaired) electrons. The van der Waals surface area contributed by atoms with Crippen LogP contribution in [0, 0.1) is 12.8 Å². The molecule has 0 spiro atoms. The minimum Gasteiger partial charge on any atom is -0.340 e. The summed E-state index contributed by atoms with van der Waals surface area (Å²) in [7, 11) is 0. The maximum Gasteiger partial charge on any atom is 0.251 e. The van der Waals surface area contributed by atoms with Crippen LogP contribution in [0.5, 0.6) is 0 Å². The summed E-state index contributed by atoms with van der Waals surface area (Å²) < 4.78 is 0. The number of nitrogens with one attached hydrogen (secondary N) is 2. The molecule has 2 rings (SSSR count). The molecule has 0 bridgehead atoms. The number of aromatic nitrogens is 2. The largest absolute Gasteiger partial charge is 0.340 e. The molecular weight excluding hydrogens is 360 g/mol. The van der Waals surface area contributed by atoms with Gasteiger partial charge < -0.3 is 5.32 Å². The van der Waals surface area contributed by atoms with Crippen molar-refractivity contribution in [1.82, 2.24) is 15.5 Å². The number of hydrogen-bond donors (Lipinski definition) is 2. The highest BCUT2D eigenvalue weighted by molar-refractivity contribution is 7.15. The standard InChI is InChI=1S/C20H28N4O2S/c1-5-6-7-11-16-23-24-20(27-16)22-19(26)17(13(2)3)21-18(25)15-10-8-9-14(4)12-15/h8-10,12-13,17H,5-7,11H2,1-4H3,(H,21,25)(H,22,24,26). The number of anilines is 1. The Bertz CT molecular complexity index is 773. The molecule has 0 aliphatic carbocycles. The van der Waals surface area contributed by atoms with Gasteiger partial charge in [-0.25, -0.2) is 0 Å². The highest BCUT2D eigenvalue weighted by Gasteiger charge is 2.25. The molecule has 2 amide bonds. The van der Waals surface area contributed by atoms with Crippen LogP contribution in [-0.2, 0) is 11.2 Å². The zero-order chi connectivity index (χ0) is 19.8. The number of nitrogens with zero attached hydrogens (tertiary/aromatic N) is 2. The zero-order valence-electron chi connectivity index (χ0n) is 16.4. The van der Waals surface area contributed by atoms with Gasteiger partial charge in [0, 0.05) is 12.0 Å². The molecule has 2 N–H and O–H groups in total. The van der Waals surface area contributed by atoms with Gasteiger partial charge in [0.05, 0.1) is 0 Å². The third-order valence-corrected chi connectivity index (χ3v) is 5.11. The summed E-state index contributed by atoms with van der Waals surface area (Å²) in [5.41, 5.74) is 1.54. The van der Waals surface area contributed by atoms with Gasteiger partial charge in [-0.05, 0) is 31.4 Å². The Morgan fingerprint density at radius 3 is 2.63 bits per heavy atom. The summed E-state index contributed by atoms with van der Waals surface area (Å²) in [4.78, 5) is 25.2. The molecule has 0 aliphatic heterocycles. The fourth-order valence-corrected chi connectivity index (χ4v) is 3.44. The second kappa shape index (κ2) is 10.2. The first-order valence-electron chi connectivity index (χ1n) is 9.41. The smallest absolute Gasteiger partial charge is 0.251 e. The van der Waals surface area contributed by atoms with E-state index in [4.69, 9.17) is 0 Å². The summed E-state index contributed by atoms with van der Waals surface area (Å²) in [6, 6.07) is 6.65. The highest BCUT2D eigenvalue weighted by atomic mass is 32.1. The molecule has 1 aromatic heterocycles. The fourth-order valence-electron chi connectivity index (χ4n) is 2.66. The number of aryl methyl sites for hydroxylation is 2. The van der Waals surface area contributed by atoms with Crippen LogP contribution in [-0.4, -0.2) is 28.1 Å². The van der Waals surface area contributed by atoms with Gasteiger partial charge in [-0.3, -0.25) is 14.9 Å². The third-order valence-electron chi connectivity index (χ3n) is 4.21. The average molecular weight is 389 g/mol. The second-order valence-electron chi connectivity index (χ2n) is 7.01. The monoisotopic (exact) mass is 388 g/mol. The Hall–Kier alpha value is -2.28.